The number of rotatable bonds is 2. The van der Waals surface area contributed by atoms with Gasteiger partial charge in [-0.05, 0) is 26.8 Å². The van der Waals surface area contributed by atoms with Crippen molar-refractivity contribution in [1.29, 1.82) is 0 Å². The lowest BCUT2D eigenvalue weighted by Gasteiger charge is -2.38. The van der Waals surface area contributed by atoms with E-state index < -0.39 is 0 Å². The van der Waals surface area contributed by atoms with Crippen molar-refractivity contribution >= 4 is 0 Å². The van der Waals surface area contributed by atoms with Gasteiger partial charge in [-0.2, -0.15) is 5.10 Å². The normalized spacial score (nSPS) is 23.9. The zero-order valence-corrected chi connectivity index (χ0v) is 11.2. The molecule has 18 heavy (non-hydrogen) atoms. The standard InChI is InChI=1S/C13H21N3O2/c1-10-12(11(2)15-14-10)8-16-5-3-4-13(9-16)17-6-7-18-13/h3-9H2,1-2H3,(H,14,15). The van der Waals surface area contributed by atoms with Crippen LogP contribution in [0.4, 0.5) is 0 Å². The third-order valence-corrected chi connectivity index (χ3v) is 3.97. The summed E-state index contributed by atoms with van der Waals surface area (Å²) >= 11 is 0. The molecule has 0 unspecified atom stereocenters. The number of ether oxygens (including phenoxy) is 2. The van der Waals surface area contributed by atoms with Gasteiger partial charge in [-0.1, -0.05) is 0 Å². The Balaban J connectivity index is 1.70. The van der Waals surface area contributed by atoms with Gasteiger partial charge in [-0.3, -0.25) is 10.00 Å². The summed E-state index contributed by atoms with van der Waals surface area (Å²) in [5.74, 6) is -0.330. The van der Waals surface area contributed by atoms with Crippen molar-refractivity contribution in [3.8, 4) is 0 Å². The van der Waals surface area contributed by atoms with E-state index in [4.69, 9.17) is 9.47 Å². The number of likely N-dealkylation sites (tertiary alicyclic amines) is 1. The lowest BCUT2D eigenvalue weighted by Crippen LogP contribution is -2.48. The van der Waals surface area contributed by atoms with Crippen molar-refractivity contribution in [3.63, 3.8) is 0 Å². The molecule has 2 aliphatic heterocycles. The number of piperidine rings is 1. The van der Waals surface area contributed by atoms with Gasteiger partial charge in [0.25, 0.3) is 0 Å². The van der Waals surface area contributed by atoms with Gasteiger partial charge in [-0.15, -0.1) is 0 Å². The molecule has 3 rings (SSSR count). The summed E-state index contributed by atoms with van der Waals surface area (Å²) in [5, 5.41) is 7.30. The van der Waals surface area contributed by atoms with Crippen molar-refractivity contribution in [3.05, 3.63) is 17.0 Å². The van der Waals surface area contributed by atoms with E-state index in [1.165, 1.54) is 11.3 Å². The van der Waals surface area contributed by atoms with Crippen LogP contribution in [0.1, 0.15) is 29.8 Å². The zero-order chi connectivity index (χ0) is 12.6. The average molecular weight is 251 g/mol. The minimum Gasteiger partial charge on any atom is -0.346 e. The van der Waals surface area contributed by atoms with Crippen molar-refractivity contribution in [2.24, 2.45) is 0 Å². The summed E-state index contributed by atoms with van der Waals surface area (Å²) in [6, 6.07) is 0. The molecule has 1 N–H and O–H groups in total. The Morgan fingerprint density at radius 1 is 1.33 bits per heavy atom. The number of hydrogen-bond acceptors (Lipinski definition) is 4. The summed E-state index contributed by atoms with van der Waals surface area (Å²) in [6.07, 6.45) is 2.16. The molecule has 0 atom stereocenters. The molecule has 5 heteroatoms. The molecule has 100 valence electrons. The molecule has 5 nitrogen and oxygen atoms in total. The first-order valence-electron chi connectivity index (χ1n) is 6.69. The van der Waals surface area contributed by atoms with E-state index in [1.54, 1.807) is 0 Å². The lowest BCUT2D eigenvalue weighted by molar-refractivity contribution is -0.190. The topological polar surface area (TPSA) is 50.4 Å². The number of hydrogen-bond donors (Lipinski definition) is 1. The maximum atomic E-state index is 5.80. The number of aromatic nitrogens is 2. The van der Waals surface area contributed by atoms with Gasteiger partial charge < -0.3 is 9.47 Å². The molecule has 2 saturated heterocycles. The minimum atomic E-state index is -0.330. The summed E-state index contributed by atoms with van der Waals surface area (Å²) in [4.78, 5) is 2.42. The third kappa shape index (κ3) is 2.18. The quantitative estimate of drug-likeness (QED) is 0.862. The van der Waals surface area contributed by atoms with Gasteiger partial charge in [0.15, 0.2) is 5.79 Å². The highest BCUT2D eigenvalue weighted by Gasteiger charge is 2.40. The molecule has 0 saturated carbocycles. The van der Waals surface area contributed by atoms with Gasteiger partial charge in [0, 0.05) is 24.2 Å². The Morgan fingerprint density at radius 3 is 2.78 bits per heavy atom. The average Bonchev–Trinajstić information content (AvgIpc) is 2.92. The summed E-state index contributed by atoms with van der Waals surface area (Å²) in [6.45, 7) is 8.52. The van der Waals surface area contributed by atoms with Crippen molar-refractivity contribution in [2.75, 3.05) is 26.3 Å². The fraction of sp³-hybridized carbons (Fsp3) is 0.769. The first kappa shape index (κ1) is 12.1. The van der Waals surface area contributed by atoms with E-state index in [2.05, 4.69) is 28.9 Å². The maximum absolute atomic E-state index is 5.80. The number of nitrogens with one attached hydrogen (secondary N) is 1. The lowest BCUT2D eigenvalue weighted by atomic mass is 10.0. The molecule has 1 spiro atoms. The number of aryl methyl sites for hydroxylation is 2. The predicted molar refractivity (Wildman–Crippen MR) is 67.2 cm³/mol. The fourth-order valence-corrected chi connectivity index (χ4v) is 2.97. The highest BCUT2D eigenvalue weighted by atomic mass is 16.7. The van der Waals surface area contributed by atoms with Crippen LogP contribution < -0.4 is 0 Å². The van der Waals surface area contributed by atoms with Gasteiger partial charge >= 0.3 is 0 Å². The molecule has 1 aromatic rings. The van der Waals surface area contributed by atoms with Crippen molar-refractivity contribution in [2.45, 2.75) is 39.0 Å². The van der Waals surface area contributed by atoms with Crippen molar-refractivity contribution in [1.82, 2.24) is 15.1 Å². The molecule has 1 aromatic heterocycles. The molecule has 3 heterocycles. The van der Waals surface area contributed by atoms with E-state index in [9.17, 15) is 0 Å². The van der Waals surface area contributed by atoms with Crippen LogP contribution in [0.2, 0.25) is 0 Å². The molecule has 2 aliphatic rings. The minimum absolute atomic E-state index is 0.330. The van der Waals surface area contributed by atoms with Crippen molar-refractivity contribution < 1.29 is 9.47 Å². The molecule has 0 radical (unpaired) electrons. The SMILES string of the molecule is Cc1n[nH]c(C)c1CN1CCCC2(C1)OCCO2. The van der Waals surface area contributed by atoms with Gasteiger partial charge in [0.05, 0.1) is 25.5 Å². The second-order valence-corrected chi connectivity index (χ2v) is 5.33. The van der Waals surface area contributed by atoms with E-state index in [0.29, 0.717) is 0 Å². The summed E-state index contributed by atoms with van der Waals surface area (Å²) < 4.78 is 11.6. The molecule has 0 amide bonds. The Labute approximate surface area is 107 Å². The highest BCUT2D eigenvalue weighted by Crippen LogP contribution is 2.31. The Morgan fingerprint density at radius 2 is 2.11 bits per heavy atom. The smallest absolute Gasteiger partial charge is 0.181 e. The largest absolute Gasteiger partial charge is 0.346 e. The molecule has 0 aliphatic carbocycles. The van der Waals surface area contributed by atoms with Crippen LogP contribution >= 0.6 is 0 Å². The van der Waals surface area contributed by atoms with Crippen LogP contribution in [0.25, 0.3) is 0 Å². The monoisotopic (exact) mass is 251 g/mol. The molecular weight excluding hydrogens is 230 g/mol. The van der Waals surface area contributed by atoms with E-state index in [1.807, 2.05) is 0 Å². The van der Waals surface area contributed by atoms with Crippen LogP contribution in [0.15, 0.2) is 0 Å². The number of aromatic amines is 1. The molecular formula is C13H21N3O2. The van der Waals surface area contributed by atoms with Crippen LogP contribution in [0.5, 0.6) is 0 Å². The van der Waals surface area contributed by atoms with E-state index >= 15 is 0 Å². The van der Waals surface area contributed by atoms with E-state index in [-0.39, 0.29) is 5.79 Å². The van der Waals surface area contributed by atoms with Gasteiger partial charge in [-0.25, -0.2) is 0 Å². The zero-order valence-electron chi connectivity index (χ0n) is 11.2. The molecule has 2 fully saturated rings. The fourth-order valence-electron chi connectivity index (χ4n) is 2.97. The second-order valence-electron chi connectivity index (χ2n) is 5.33. The Bertz CT molecular complexity index is 404. The third-order valence-electron chi connectivity index (χ3n) is 3.97. The van der Waals surface area contributed by atoms with Crippen LogP contribution in [-0.4, -0.2) is 47.2 Å². The van der Waals surface area contributed by atoms with Crippen LogP contribution in [-0.2, 0) is 16.0 Å². The predicted octanol–water partition coefficient (Wildman–Crippen LogP) is 1.37. The Kier molecular flexibility index (Phi) is 3.13. The Hall–Kier alpha value is -0.910. The maximum Gasteiger partial charge on any atom is 0.181 e. The first-order chi connectivity index (χ1) is 8.69. The number of H-pyrrole nitrogens is 1. The number of nitrogens with zero attached hydrogens (tertiary/aromatic N) is 2. The van der Waals surface area contributed by atoms with Crippen LogP contribution in [0, 0.1) is 13.8 Å². The second kappa shape index (κ2) is 4.64. The summed E-state index contributed by atoms with van der Waals surface area (Å²) in [7, 11) is 0. The first-order valence-corrected chi connectivity index (χ1v) is 6.69. The molecule has 0 aromatic carbocycles. The van der Waals surface area contributed by atoms with Gasteiger partial charge in [0.2, 0.25) is 0 Å². The summed E-state index contributed by atoms with van der Waals surface area (Å²) in [5.41, 5.74) is 3.57. The highest BCUT2D eigenvalue weighted by molar-refractivity contribution is 5.23. The molecule has 0 bridgehead atoms. The van der Waals surface area contributed by atoms with E-state index in [0.717, 1.165) is 51.4 Å². The van der Waals surface area contributed by atoms with Gasteiger partial charge in [0.1, 0.15) is 0 Å². The van der Waals surface area contributed by atoms with Crippen LogP contribution in [0.3, 0.4) is 0 Å².